The van der Waals surface area contributed by atoms with Crippen LogP contribution in [-0.2, 0) is 11.2 Å². The van der Waals surface area contributed by atoms with Crippen LogP contribution in [0.15, 0.2) is 24.3 Å². The van der Waals surface area contributed by atoms with Gasteiger partial charge in [-0.05, 0) is 18.6 Å². The summed E-state index contributed by atoms with van der Waals surface area (Å²) >= 11 is 0. The quantitative estimate of drug-likeness (QED) is 0.803. The standard InChI is InChI=1S/C12H17NO3/c1-12(16,11(14)15)8-9-6-4-5-7-10(9)13(2)3/h4-7,16H,8H2,1-3H3,(H,14,15). The molecule has 0 bridgehead atoms. The number of nitrogens with zero attached hydrogens (tertiary/aromatic N) is 1. The van der Waals surface area contributed by atoms with Gasteiger partial charge in [0, 0.05) is 26.2 Å². The van der Waals surface area contributed by atoms with Gasteiger partial charge in [0.15, 0.2) is 5.60 Å². The molecule has 0 aliphatic rings. The first-order valence-corrected chi connectivity index (χ1v) is 5.05. The first kappa shape index (κ1) is 12.5. The van der Waals surface area contributed by atoms with Gasteiger partial charge in [0.1, 0.15) is 0 Å². The van der Waals surface area contributed by atoms with E-state index < -0.39 is 11.6 Å². The van der Waals surface area contributed by atoms with Crippen LogP contribution in [0.2, 0.25) is 0 Å². The number of para-hydroxylation sites is 1. The molecule has 1 atom stereocenters. The fourth-order valence-corrected chi connectivity index (χ4v) is 1.54. The molecule has 0 spiro atoms. The Morgan fingerprint density at radius 3 is 2.44 bits per heavy atom. The third-order valence-corrected chi connectivity index (χ3v) is 2.47. The van der Waals surface area contributed by atoms with Gasteiger partial charge in [-0.3, -0.25) is 0 Å². The second-order valence-electron chi connectivity index (χ2n) is 4.28. The van der Waals surface area contributed by atoms with Gasteiger partial charge in [-0.15, -0.1) is 0 Å². The van der Waals surface area contributed by atoms with Crippen molar-refractivity contribution in [3.63, 3.8) is 0 Å². The van der Waals surface area contributed by atoms with E-state index in [2.05, 4.69) is 0 Å². The summed E-state index contributed by atoms with van der Waals surface area (Å²) in [5, 5.41) is 18.6. The molecule has 4 nitrogen and oxygen atoms in total. The number of anilines is 1. The number of hydrogen-bond donors (Lipinski definition) is 2. The fraction of sp³-hybridized carbons (Fsp3) is 0.417. The first-order valence-electron chi connectivity index (χ1n) is 5.05. The fourth-order valence-electron chi connectivity index (χ4n) is 1.54. The maximum absolute atomic E-state index is 10.8. The summed E-state index contributed by atoms with van der Waals surface area (Å²) in [4.78, 5) is 12.7. The van der Waals surface area contributed by atoms with E-state index >= 15 is 0 Å². The van der Waals surface area contributed by atoms with E-state index in [1.54, 1.807) is 0 Å². The molecule has 0 saturated carbocycles. The Kier molecular flexibility index (Phi) is 3.55. The van der Waals surface area contributed by atoms with Crippen molar-refractivity contribution in [1.82, 2.24) is 0 Å². The number of hydrogen-bond acceptors (Lipinski definition) is 3. The summed E-state index contributed by atoms with van der Waals surface area (Å²) < 4.78 is 0. The summed E-state index contributed by atoms with van der Waals surface area (Å²) in [5.41, 5.74) is 0.00970. The van der Waals surface area contributed by atoms with E-state index in [1.165, 1.54) is 6.92 Å². The van der Waals surface area contributed by atoms with Crippen molar-refractivity contribution >= 4 is 11.7 Å². The number of aliphatic hydroxyl groups is 1. The van der Waals surface area contributed by atoms with Crippen molar-refractivity contribution in [3.8, 4) is 0 Å². The predicted octanol–water partition coefficient (Wildman–Crippen LogP) is 1.13. The number of carboxylic acids is 1. The molecule has 0 aliphatic heterocycles. The highest BCUT2D eigenvalue weighted by molar-refractivity contribution is 5.77. The van der Waals surface area contributed by atoms with E-state index in [-0.39, 0.29) is 6.42 Å². The SMILES string of the molecule is CN(C)c1ccccc1CC(C)(O)C(=O)O. The molecule has 0 amide bonds. The Morgan fingerprint density at radius 1 is 1.38 bits per heavy atom. The average Bonchev–Trinajstić information content (AvgIpc) is 2.17. The molecule has 0 heterocycles. The van der Waals surface area contributed by atoms with Crippen LogP contribution >= 0.6 is 0 Å². The highest BCUT2D eigenvalue weighted by Gasteiger charge is 2.30. The summed E-state index contributed by atoms with van der Waals surface area (Å²) in [5.74, 6) is -1.21. The number of aliphatic carboxylic acids is 1. The van der Waals surface area contributed by atoms with Gasteiger partial charge in [-0.2, -0.15) is 0 Å². The van der Waals surface area contributed by atoms with E-state index in [1.807, 2.05) is 43.3 Å². The highest BCUT2D eigenvalue weighted by atomic mass is 16.4. The molecular weight excluding hydrogens is 206 g/mol. The van der Waals surface area contributed by atoms with E-state index in [4.69, 9.17) is 5.11 Å². The zero-order valence-electron chi connectivity index (χ0n) is 9.77. The Morgan fingerprint density at radius 2 is 1.94 bits per heavy atom. The Hall–Kier alpha value is -1.55. The topological polar surface area (TPSA) is 60.8 Å². The van der Waals surface area contributed by atoms with E-state index in [0.717, 1.165) is 11.3 Å². The summed E-state index contributed by atoms with van der Waals surface area (Å²) in [6.45, 7) is 1.31. The second kappa shape index (κ2) is 4.53. The zero-order valence-corrected chi connectivity index (χ0v) is 9.77. The van der Waals surface area contributed by atoms with Gasteiger partial charge in [0.2, 0.25) is 0 Å². The number of carboxylic acid groups (broad SMARTS) is 1. The van der Waals surface area contributed by atoms with Gasteiger partial charge < -0.3 is 15.1 Å². The Balaban J connectivity index is 3.01. The van der Waals surface area contributed by atoms with Crippen LogP contribution in [0.4, 0.5) is 5.69 Å². The number of rotatable bonds is 4. The van der Waals surface area contributed by atoms with E-state index in [9.17, 15) is 9.90 Å². The van der Waals surface area contributed by atoms with Crippen LogP contribution in [0.25, 0.3) is 0 Å². The van der Waals surface area contributed by atoms with Crippen molar-refractivity contribution in [1.29, 1.82) is 0 Å². The molecule has 0 aliphatic carbocycles. The van der Waals surface area contributed by atoms with Crippen molar-refractivity contribution in [2.75, 3.05) is 19.0 Å². The van der Waals surface area contributed by atoms with Crippen LogP contribution in [0.1, 0.15) is 12.5 Å². The van der Waals surface area contributed by atoms with Crippen LogP contribution in [0.3, 0.4) is 0 Å². The molecule has 4 heteroatoms. The lowest BCUT2D eigenvalue weighted by Crippen LogP contribution is -2.37. The molecule has 88 valence electrons. The van der Waals surface area contributed by atoms with E-state index in [0.29, 0.717) is 0 Å². The molecular formula is C12H17NO3. The van der Waals surface area contributed by atoms with Crippen molar-refractivity contribution in [2.45, 2.75) is 18.9 Å². The highest BCUT2D eigenvalue weighted by Crippen LogP contribution is 2.23. The minimum Gasteiger partial charge on any atom is -0.479 e. The maximum Gasteiger partial charge on any atom is 0.335 e. The molecule has 2 N–H and O–H groups in total. The zero-order chi connectivity index (χ0) is 12.3. The monoisotopic (exact) mass is 223 g/mol. The Bertz CT molecular complexity index is 386. The summed E-state index contributed by atoms with van der Waals surface area (Å²) in [7, 11) is 3.77. The van der Waals surface area contributed by atoms with Gasteiger partial charge in [0.25, 0.3) is 0 Å². The molecule has 1 unspecified atom stereocenters. The molecule has 0 aromatic heterocycles. The molecule has 1 aromatic carbocycles. The smallest absolute Gasteiger partial charge is 0.335 e. The third-order valence-electron chi connectivity index (χ3n) is 2.47. The molecule has 1 aromatic rings. The first-order chi connectivity index (χ1) is 7.34. The summed E-state index contributed by atoms with van der Waals surface area (Å²) in [6.07, 6.45) is 0.0939. The average molecular weight is 223 g/mol. The molecule has 0 fully saturated rings. The third kappa shape index (κ3) is 2.73. The largest absolute Gasteiger partial charge is 0.479 e. The number of benzene rings is 1. The molecule has 0 radical (unpaired) electrons. The van der Waals surface area contributed by atoms with Crippen molar-refractivity contribution in [3.05, 3.63) is 29.8 Å². The van der Waals surface area contributed by atoms with Crippen LogP contribution in [-0.4, -0.2) is 35.9 Å². The van der Waals surface area contributed by atoms with Crippen LogP contribution in [0, 0.1) is 0 Å². The normalized spacial score (nSPS) is 14.2. The van der Waals surface area contributed by atoms with Gasteiger partial charge in [-0.25, -0.2) is 4.79 Å². The minimum atomic E-state index is -1.73. The lowest BCUT2D eigenvalue weighted by Gasteiger charge is -2.22. The van der Waals surface area contributed by atoms with Gasteiger partial charge >= 0.3 is 5.97 Å². The lowest BCUT2D eigenvalue weighted by molar-refractivity contribution is -0.156. The van der Waals surface area contributed by atoms with Gasteiger partial charge in [0.05, 0.1) is 0 Å². The maximum atomic E-state index is 10.8. The van der Waals surface area contributed by atoms with Crippen molar-refractivity contribution in [2.24, 2.45) is 0 Å². The van der Waals surface area contributed by atoms with Gasteiger partial charge in [-0.1, -0.05) is 18.2 Å². The molecule has 0 saturated heterocycles. The molecule has 16 heavy (non-hydrogen) atoms. The number of carbonyl (C=O) groups is 1. The second-order valence-corrected chi connectivity index (χ2v) is 4.28. The van der Waals surface area contributed by atoms with Crippen LogP contribution in [0.5, 0.6) is 0 Å². The van der Waals surface area contributed by atoms with Crippen LogP contribution < -0.4 is 4.90 Å². The predicted molar refractivity (Wildman–Crippen MR) is 62.7 cm³/mol. The summed E-state index contributed by atoms with van der Waals surface area (Å²) in [6, 6.07) is 7.44. The van der Waals surface area contributed by atoms with Crippen molar-refractivity contribution < 1.29 is 15.0 Å². The minimum absolute atomic E-state index is 0.0939. The Labute approximate surface area is 95.1 Å². The lowest BCUT2D eigenvalue weighted by atomic mass is 9.95. The molecule has 1 rings (SSSR count).